The lowest BCUT2D eigenvalue weighted by Gasteiger charge is -2.19. The van der Waals surface area contributed by atoms with Gasteiger partial charge in [-0.3, -0.25) is 10.3 Å². The van der Waals surface area contributed by atoms with Crippen molar-refractivity contribution in [1.29, 1.82) is 0 Å². The Morgan fingerprint density at radius 2 is 2.60 bits per heavy atom. The van der Waals surface area contributed by atoms with Gasteiger partial charge in [0.05, 0.1) is 13.7 Å². The summed E-state index contributed by atoms with van der Waals surface area (Å²) < 4.78 is 5.20. The minimum atomic E-state index is -0.680. The van der Waals surface area contributed by atoms with E-state index in [9.17, 15) is 10.1 Å². The smallest absolute Gasteiger partial charge is 0.231 e. The summed E-state index contributed by atoms with van der Waals surface area (Å²) in [5.74, 6) is 0.411. The average Bonchev–Trinajstić information content (AvgIpc) is 2.71. The lowest BCUT2D eigenvalue weighted by Crippen LogP contribution is -2.46. The predicted molar refractivity (Wildman–Crippen MR) is 55.0 cm³/mol. The first-order chi connectivity index (χ1) is 7.15. The number of hydrogen-bond donors (Lipinski definition) is 1. The van der Waals surface area contributed by atoms with Crippen LogP contribution in [0.25, 0.3) is 0 Å². The zero-order valence-corrected chi connectivity index (χ0v) is 8.76. The summed E-state index contributed by atoms with van der Waals surface area (Å²) in [5, 5.41) is 13.8. The van der Waals surface area contributed by atoms with Gasteiger partial charge in [-0.15, -0.1) is 0 Å². The molecule has 0 aromatic heterocycles. The first kappa shape index (κ1) is 11.9. The summed E-state index contributed by atoms with van der Waals surface area (Å²) in [6, 6.07) is 0. The molecule has 0 spiro atoms. The fraction of sp³-hybridized carbons (Fsp3) is 0.875. The highest BCUT2D eigenvalue weighted by atomic mass is 16.7. The second-order valence-electron chi connectivity index (χ2n) is 3.51. The van der Waals surface area contributed by atoms with E-state index in [4.69, 9.17) is 4.74 Å². The molecule has 1 aliphatic heterocycles. The van der Waals surface area contributed by atoms with Crippen LogP contribution in [0.4, 0.5) is 0 Å². The molecule has 2 atom stereocenters. The molecule has 0 saturated carbocycles. The van der Waals surface area contributed by atoms with Crippen LogP contribution in [0.2, 0.25) is 0 Å². The van der Waals surface area contributed by atoms with Gasteiger partial charge in [-0.25, -0.2) is 10.1 Å². The summed E-state index contributed by atoms with van der Waals surface area (Å²) in [4.78, 5) is 14.1. The molecule has 0 aliphatic carbocycles. The summed E-state index contributed by atoms with van der Waals surface area (Å²) in [5.41, 5.74) is 0. The maximum atomic E-state index is 10.5. The standard InChI is InChI=1S/C8H16N4O3/c1-9-8(11(2)12(13)14)10-5-7-3-4-15-6-7/h7-8,10H,1,3-6H2,2H3. The van der Waals surface area contributed by atoms with Crippen LogP contribution in [-0.4, -0.2) is 49.9 Å². The molecule has 1 fully saturated rings. The molecule has 1 aliphatic rings. The van der Waals surface area contributed by atoms with E-state index in [2.05, 4.69) is 17.0 Å². The third-order valence-corrected chi connectivity index (χ3v) is 2.40. The monoisotopic (exact) mass is 216 g/mol. The Kier molecular flexibility index (Phi) is 4.44. The molecule has 1 saturated heterocycles. The zero-order chi connectivity index (χ0) is 11.3. The molecular formula is C8H16N4O3. The van der Waals surface area contributed by atoms with Gasteiger partial charge in [-0.05, 0) is 19.1 Å². The van der Waals surface area contributed by atoms with Crippen LogP contribution in [0.15, 0.2) is 4.99 Å². The molecule has 0 amide bonds. The van der Waals surface area contributed by atoms with Crippen LogP contribution in [0.1, 0.15) is 6.42 Å². The third kappa shape index (κ3) is 3.45. The minimum absolute atomic E-state index is 0.411. The van der Waals surface area contributed by atoms with Crippen molar-refractivity contribution in [3.05, 3.63) is 10.1 Å². The molecule has 1 heterocycles. The van der Waals surface area contributed by atoms with Crippen LogP contribution in [0.3, 0.4) is 0 Å². The van der Waals surface area contributed by atoms with Crippen molar-refractivity contribution in [2.45, 2.75) is 12.7 Å². The van der Waals surface area contributed by atoms with Crippen molar-refractivity contribution < 1.29 is 9.77 Å². The maximum absolute atomic E-state index is 10.5. The SMILES string of the molecule is C=NC(NCC1CCOC1)N(C)[N+](=O)[O-]. The van der Waals surface area contributed by atoms with Crippen molar-refractivity contribution >= 4 is 6.72 Å². The first-order valence-corrected chi connectivity index (χ1v) is 4.79. The summed E-state index contributed by atoms with van der Waals surface area (Å²) in [7, 11) is 1.36. The van der Waals surface area contributed by atoms with E-state index in [0.29, 0.717) is 19.1 Å². The fourth-order valence-corrected chi connectivity index (χ4v) is 1.42. The number of aliphatic imine (C=N–C) groups is 1. The molecule has 2 unspecified atom stereocenters. The van der Waals surface area contributed by atoms with Gasteiger partial charge in [0.2, 0.25) is 6.29 Å². The number of hydrazine groups is 1. The van der Waals surface area contributed by atoms with Gasteiger partial charge in [0.25, 0.3) is 0 Å². The quantitative estimate of drug-likeness (QED) is 0.286. The first-order valence-electron chi connectivity index (χ1n) is 4.79. The van der Waals surface area contributed by atoms with Gasteiger partial charge in [0.15, 0.2) is 5.03 Å². The molecule has 7 nitrogen and oxygen atoms in total. The van der Waals surface area contributed by atoms with Crippen LogP contribution >= 0.6 is 0 Å². The lowest BCUT2D eigenvalue weighted by molar-refractivity contribution is -0.658. The molecule has 1 rings (SSSR count). The molecular weight excluding hydrogens is 200 g/mol. The average molecular weight is 216 g/mol. The van der Waals surface area contributed by atoms with E-state index in [1.165, 1.54) is 7.05 Å². The number of hydrogen-bond acceptors (Lipinski definition) is 5. The molecule has 0 aromatic rings. The van der Waals surface area contributed by atoms with Gasteiger partial charge < -0.3 is 4.74 Å². The van der Waals surface area contributed by atoms with Crippen molar-refractivity contribution in [2.24, 2.45) is 10.9 Å². The fourth-order valence-electron chi connectivity index (χ4n) is 1.42. The van der Waals surface area contributed by atoms with E-state index < -0.39 is 11.3 Å². The van der Waals surface area contributed by atoms with Gasteiger partial charge >= 0.3 is 0 Å². The number of nitrogens with one attached hydrogen (secondary N) is 1. The van der Waals surface area contributed by atoms with Crippen LogP contribution in [0, 0.1) is 16.0 Å². The predicted octanol–water partition coefficient (Wildman–Crippen LogP) is -0.280. The van der Waals surface area contributed by atoms with E-state index in [1.54, 1.807) is 0 Å². The van der Waals surface area contributed by atoms with Gasteiger partial charge in [0.1, 0.15) is 0 Å². The van der Waals surface area contributed by atoms with E-state index in [0.717, 1.165) is 18.0 Å². The highest BCUT2D eigenvalue weighted by Gasteiger charge is 2.22. The van der Waals surface area contributed by atoms with E-state index in [-0.39, 0.29) is 0 Å². The summed E-state index contributed by atoms with van der Waals surface area (Å²) in [6.07, 6.45) is 0.305. The van der Waals surface area contributed by atoms with E-state index in [1.807, 2.05) is 0 Å². The highest BCUT2D eigenvalue weighted by Crippen LogP contribution is 2.11. The highest BCUT2D eigenvalue weighted by molar-refractivity contribution is 5.23. The Labute approximate surface area is 88.2 Å². The van der Waals surface area contributed by atoms with Crippen molar-refractivity contribution in [2.75, 3.05) is 26.8 Å². The number of ether oxygens (including phenoxy) is 1. The summed E-state index contributed by atoms with van der Waals surface area (Å²) >= 11 is 0. The molecule has 15 heavy (non-hydrogen) atoms. The summed E-state index contributed by atoms with van der Waals surface area (Å²) in [6.45, 7) is 5.45. The molecule has 7 heteroatoms. The second kappa shape index (κ2) is 5.62. The Hall–Kier alpha value is -1.21. The number of nitrogens with zero attached hydrogens (tertiary/aromatic N) is 3. The molecule has 86 valence electrons. The van der Waals surface area contributed by atoms with Gasteiger partial charge in [-0.2, -0.15) is 0 Å². The Morgan fingerprint density at radius 1 is 1.87 bits per heavy atom. The molecule has 0 radical (unpaired) electrons. The molecule has 0 bridgehead atoms. The van der Waals surface area contributed by atoms with Crippen molar-refractivity contribution in [1.82, 2.24) is 10.3 Å². The second-order valence-corrected chi connectivity index (χ2v) is 3.51. The number of nitro groups is 1. The molecule has 0 aromatic carbocycles. The zero-order valence-electron chi connectivity index (χ0n) is 8.76. The Morgan fingerprint density at radius 3 is 3.07 bits per heavy atom. The Balaban J connectivity index is 2.32. The normalized spacial score (nSPS) is 22.3. The topological polar surface area (TPSA) is 80.0 Å². The minimum Gasteiger partial charge on any atom is -0.381 e. The lowest BCUT2D eigenvalue weighted by atomic mass is 10.1. The third-order valence-electron chi connectivity index (χ3n) is 2.40. The van der Waals surface area contributed by atoms with E-state index >= 15 is 0 Å². The van der Waals surface area contributed by atoms with Gasteiger partial charge in [0, 0.05) is 13.2 Å². The van der Waals surface area contributed by atoms with Crippen molar-refractivity contribution in [3.63, 3.8) is 0 Å². The van der Waals surface area contributed by atoms with Crippen LogP contribution in [0.5, 0.6) is 0 Å². The molecule has 1 N–H and O–H groups in total. The maximum Gasteiger partial charge on any atom is 0.231 e. The largest absolute Gasteiger partial charge is 0.381 e. The van der Waals surface area contributed by atoms with Crippen molar-refractivity contribution in [3.8, 4) is 0 Å². The van der Waals surface area contributed by atoms with Crippen LogP contribution < -0.4 is 5.32 Å². The van der Waals surface area contributed by atoms with Gasteiger partial charge in [-0.1, -0.05) is 5.01 Å². The Bertz CT molecular complexity index is 230. The number of rotatable bonds is 6. The van der Waals surface area contributed by atoms with Crippen LogP contribution in [-0.2, 0) is 4.74 Å².